The smallest absolute Gasteiger partial charge is 0.267 e. The van der Waals surface area contributed by atoms with Gasteiger partial charge in [0, 0.05) is 6.08 Å². The molecule has 2 nitrogen and oxygen atoms in total. The molecule has 0 bridgehead atoms. The second-order valence-corrected chi connectivity index (χ2v) is 3.63. The van der Waals surface area contributed by atoms with Gasteiger partial charge in [0.15, 0.2) is 0 Å². The lowest BCUT2D eigenvalue weighted by molar-refractivity contribution is -0.113. The van der Waals surface area contributed by atoms with E-state index < -0.39 is 0 Å². The predicted octanol–water partition coefficient (Wildman–Crippen LogP) is 1.68. The van der Waals surface area contributed by atoms with E-state index in [1.54, 1.807) is 6.08 Å². The van der Waals surface area contributed by atoms with Crippen LogP contribution in [0.15, 0.2) is 17.1 Å². The Morgan fingerprint density at radius 1 is 1.78 bits per heavy atom. The molecule has 0 fully saturated rings. The monoisotopic (exact) mass is 299 g/mol. The second kappa shape index (κ2) is 2.92. The van der Waals surface area contributed by atoms with Gasteiger partial charge >= 0.3 is 0 Å². The molecule has 0 saturated heterocycles. The summed E-state index contributed by atoms with van der Waals surface area (Å²) in [5.74, 6) is -0.171. The van der Waals surface area contributed by atoms with Gasteiger partial charge in [-0.3, -0.25) is 4.79 Å². The molecule has 9 heavy (non-hydrogen) atoms. The SMILES string of the molecule is O=C1C=CC(Br)C(I)=N1. The van der Waals surface area contributed by atoms with Gasteiger partial charge in [-0.25, -0.2) is 4.99 Å². The van der Waals surface area contributed by atoms with Crippen LogP contribution in [0.4, 0.5) is 0 Å². The fourth-order valence-electron chi connectivity index (χ4n) is 0.450. The number of halogens is 2. The highest BCUT2D eigenvalue weighted by Crippen LogP contribution is 2.13. The van der Waals surface area contributed by atoms with Gasteiger partial charge < -0.3 is 0 Å². The van der Waals surface area contributed by atoms with Gasteiger partial charge in [-0.2, -0.15) is 0 Å². The maximum atomic E-state index is 10.5. The van der Waals surface area contributed by atoms with E-state index in [9.17, 15) is 4.79 Å². The molecule has 0 saturated carbocycles. The number of nitrogens with zero attached hydrogens (tertiary/aromatic N) is 1. The van der Waals surface area contributed by atoms with Crippen molar-refractivity contribution in [3.8, 4) is 0 Å². The summed E-state index contributed by atoms with van der Waals surface area (Å²) in [6.45, 7) is 0. The van der Waals surface area contributed by atoms with Crippen molar-refractivity contribution < 1.29 is 4.79 Å². The number of dihydropyridines is 1. The minimum absolute atomic E-state index is 0.135. The molecule has 0 aliphatic carbocycles. The molecular weight excluding hydrogens is 297 g/mol. The van der Waals surface area contributed by atoms with Gasteiger partial charge in [-0.1, -0.05) is 22.0 Å². The highest BCUT2D eigenvalue weighted by molar-refractivity contribution is 14.1. The van der Waals surface area contributed by atoms with Crippen LogP contribution in [0.1, 0.15) is 0 Å². The fraction of sp³-hybridized carbons (Fsp3) is 0.200. The lowest BCUT2D eigenvalue weighted by atomic mass is 10.3. The molecule has 0 spiro atoms. The Bertz CT molecular complexity index is 199. The number of hydrogen-bond donors (Lipinski definition) is 0. The number of rotatable bonds is 0. The number of alkyl halides is 1. The van der Waals surface area contributed by atoms with E-state index in [4.69, 9.17) is 0 Å². The van der Waals surface area contributed by atoms with Crippen LogP contribution < -0.4 is 0 Å². The van der Waals surface area contributed by atoms with Crippen LogP contribution in [0, 0.1) is 0 Å². The first-order valence-electron chi connectivity index (χ1n) is 2.30. The summed E-state index contributed by atoms with van der Waals surface area (Å²) in [4.78, 5) is 14.3. The molecule has 1 heterocycles. The molecule has 48 valence electrons. The van der Waals surface area contributed by atoms with Gasteiger partial charge in [0.05, 0.1) is 4.83 Å². The molecule has 1 atom stereocenters. The van der Waals surface area contributed by atoms with Crippen molar-refractivity contribution in [2.75, 3.05) is 0 Å². The zero-order valence-electron chi connectivity index (χ0n) is 4.34. The minimum atomic E-state index is -0.171. The average Bonchev–Trinajstić information content (AvgIpc) is 1.80. The minimum Gasteiger partial charge on any atom is -0.267 e. The van der Waals surface area contributed by atoms with Crippen molar-refractivity contribution in [3.63, 3.8) is 0 Å². The van der Waals surface area contributed by atoms with Crippen molar-refractivity contribution in [3.05, 3.63) is 12.2 Å². The van der Waals surface area contributed by atoms with Crippen molar-refractivity contribution >= 4 is 48.1 Å². The van der Waals surface area contributed by atoms with Crippen LogP contribution in [0.2, 0.25) is 0 Å². The summed E-state index contributed by atoms with van der Waals surface area (Å²) < 4.78 is 0.792. The number of amides is 1. The van der Waals surface area contributed by atoms with E-state index in [0.29, 0.717) is 0 Å². The summed E-state index contributed by atoms with van der Waals surface area (Å²) in [6, 6.07) is 0. The van der Waals surface area contributed by atoms with Crippen molar-refractivity contribution in [1.29, 1.82) is 0 Å². The Morgan fingerprint density at radius 3 is 2.89 bits per heavy atom. The molecule has 4 heteroatoms. The number of hydrogen-bond acceptors (Lipinski definition) is 1. The lowest BCUT2D eigenvalue weighted by Gasteiger charge is -2.03. The lowest BCUT2D eigenvalue weighted by Crippen LogP contribution is -2.10. The molecular formula is C5H3BrINO. The molecule has 1 unspecified atom stereocenters. The van der Waals surface area contributed by atoms with E-state index in [-0.39, 0.29) is 10.7 Å². The van der Waals surface area contributed by atoms with Gasteiger partial charge in [-0.15, -0.1) is 0 Å². The number of allylic oxidation sites excluding steroid dienone is 1. The highest BCUT2D eigenvalue weighted by Gasteiger charge is 2.11. The maximum absolute atomic E-state index is 10.5. The molecule has 1 rings (SSSR count). The average molecular weight is 300 g/mol. The quantitative estimate of drug-likeness (QED) is 0.494. The molecule has 0 radical (unpaired) electrons. The second-order valence-electron chi connectivity index (χ2n) is 1.53. The number of carbonyl (C=O) groups is 1. The zero-order valence-corrected chi connectivity index (χ0v) is 8.09. The summed E-state index contributed by atoms with van der Waals surface area (Å²) in [5.41, 5.74) is 0. The van der Waals surface area contributed by atoms with E-state index in [0.717, 1.165) is 3.72 Å². The number of aliphatic imine (C=N–C) groups is 1. The molecule has 0 N–H and O–H groups in total. The largest absolute Gasteiger partial charge is 0.270 e. The first kappa shape index (κ1) is 7.40. The summed E-state index contributed by atoms with van der Waals surface area (Å²) >= 11 is 5.33. The van der Waals surface area contributed by atoms with E-state index in [1.165, 1.54) is 6.08 Å². The standard InChI is InChI=1S/C5H3BrINO/c6-3-1-2-4(9)8-5(3)7/h1-3H. The Morgan fingerprint density at radius 2 is 2.44 bits per heavy atom. The fourth-order valence-corrected chi connectivity index (χ4v) is 1.15. The third kappa shape index (κ3) is 1.86. The maximum Gasteiger partial charge on any atom is 0.270 e. The predicted molar refractivity (Wildman–Crippen MR) is 48.3 cm³/mol. The van der Waals surface area contributed by atoms with Gasteiger partial charge in [0.1, 0.15) is 3.72 Å². The number of carbonyl (C=O) groups excluding carboxylic acids is 1. The first-order valence-corrected chi connectivity index (χ1v) is 4.30. The molecule has 1 aliphatic heterocycles. The Kier molecular flexibility index (Phi) is 2.40. The van der Waals surface area contributed by atoms with Gasteiger partial charge in [0.25, 0.3) is 5.91 Å². The molecule has 1 amide bonds. The molecule has 1 aliphatic rings. The van der Waals surface area contributed by atoms with E-state index in [1.807, 2.05) is 22.6 Å². The third-order valence-electron chi connectivity index (χ3n) is 0.852. The first-order chi connectivity index (χ1) is 4.20. The topological polar surface area (TPSA) is 29.4 Å². The van der Waals surface area contributed by atoms with Gasteiger partial charge in [0.2, 0.25) is 0 Å². The zero-order chi connectivity index (χ0) is 6.85. The van der Waals surface area contributed by atoms with Crippen molar-refractivity contribution in [1.82, 2.24) is 0 Å². The van der Waals surface area contributed by atoms with Crippen LogP contribution in [0.25, 0.3) is 0 Å². The summed E-state index contributed by atoms with van der Waals surface area (Å²) in [6.07, 6.45) is 3.23. The van der Waals surface area contributed by atoms with Crippen molar-refractivity contribution in [2.24, 2.45) is 4.99 Å². The van der Waals surface area contributed by atoms with Gasteiger partial charge in [-0.05, 0) is 22.6 Å². The molecule has 0 aromatic heterocycles. The van der Waals surface area contributed by atoms with Crippen LogP contribution in [0.5, 0.6) is 0 Å². The normalized spacial score (nSPS) is 26.2. The summed E-state index contributed by atoms with van der Waals surface area (Å²) in [7, 11) is 0. The van der Waals surface area contributed by atoms with Crippen molar-refractivity contribution in [2.45, 2.75) is 4.83 Å². The van der Waals surface area contributed by atoms with Crippen LogP contribution in [0.3, 0.4) is 0 Å². The Balaban J connectivity index is 2.82. The van der Waals surface area contributed by atoms with Crippen LogP contribution in [-0.2, 0) is 4.79 Å². The summed E-state index contributed by atoms with van der Waals surface area (Å²) in [5, 5.41) is 0. The molecule has 0 aromatic rings. The Labute approximate surface area is 74.7 Å². The Hall–Kier alpha value is 0.290. The van der Waals surface area contributed by atoms with E-state index >= 15 is 0 Å². The van der Waals surface area contributed by atoms with Crippen LogP contribution >= 0.6 is 38.5 Å². The third-order valence-corrected chi connectivity index (χ3v) is 3.36. The van der Waals surface area contributed by atoms with E-state index in [2.05, 4.69) is 20.9 Å². The highest BCUT2D eigenvalue weighted by atomic mass is 127. The molecule has 0 aromatic carbocycles. The van der Waals surface area contributed by atoms with Crippen LogP contribution in [-0.4, -0.2) is 14.5 Å².